The molecule has 1 aromatic carbocycles. The number of nitrogens with zero attached hydrogens (tertiary/aromatic N) is 2. The Balaban J connectivity index is 2.28. The Kier molecular flexibility index (Phi) is 3.87. The molecule has 1 atom stereocenters. The third-order valence-corrected chi connectivity index (χ3v) is 3.97. The SMILES string of the molecule is Cc1nnc(Cl)c(-c2c(F)cccc2F)c1C1CCOC1. The molecule has 3 rings (SSSR count). The minimum Gasteiger partial charge on any atom is -0.381 e. The van der Waals surface area contributed by atoms with E-state index in [1.54, 1.807) is 6.92 Å². The van der Waals surface area contributed by atoms with Gasteiger partial charge in [0.15, 0.2) is 5.15 Å². The van der Waals surface area contributed by atoms with Crippen LogP contribution in [0, 0.1) is 18.6 Å². The summed E-state index contributed by atoms with van der Waals surface area (Å²) in [5, 5.41) is 7.80. The smallest absolute Gasteiger partial charge is 0.160 e. The summed E-state index contributed by atoms with van der Waals surface area (Å²) >= 11 is 6.11. The Morgan fingerprint density at radius 2 is 1.90 bits per heavy atom. The lowest BCUT2D eigenvalue weighted by Crippen LogP contribution is -2.08. The maximum Gasteiger partial charge on any atom is 0.160 e. The van der Waals surface area contributed by atoms with Gasteiger partial charge in [0.25, 0.3) is 0 Å². The summed E-state index contributed by atoms with van der Waals surface area (Å²) in [7, 11) is 0. The van der Waals surface area contributed by atoms with Crippen LogP contribution in [-0.4, -0.2) is 23.4 Å². The molecular formula is C15H13ClF2N2O. The highest BCUT2D eigenvalue weighted by Gasteiger charge is 2.28. The average molecular weight is 311 g/mol. The zero-order valence-corrected chi connectivity index (χ0v) is 12.1. The molecule has 1 aromatic heterocycles. The molecule has 1 unspecified atom stereocenters. The molecule has 21 heavy (non-hydrogen) atoms. The first kappa shape index (κ1) is 14.4. The molecule has 2 aromatic rings. The van der Waals surface area contributed by atoms with Crippen molar-refractivity contribution in [1.29, 1.82) is 0 Å². The molecule has 1 aliphatic rings. The van der Waals surface area contributed by atoms with E-state index in [1.165, 1.54) is 18.2 Å². The Morgan fingerprint density at radius 3 is 2.52 bits per heavy atom. The van der Waals surface area contributed by atoms with E-state index in [1.807, 2.05) is 0 Å². The van der Waals surface area contributed by atoms with Crippen LogP contribution in [0.25, 0.3) is 11.1 Å². The van der Waals surface area contributed by atoms with E-state index in [0.29, 0.717) is 18.9 Å². The fraction of sp³-hybridized carbons (Fsp3) is 0.333. The average Bonchev–Trinajstić information content (AvgIpc) is 2.96. The van der Waals surface area contributed by atoms with Crippen LogP contribution in [0.4, 0.5) is 8.78 Å². The van der Waals surface area contributed by atoms with E-state index in [9.17, 15) is 8.78 Å². The summed E-state index contributed by atoms with van der Waals surface area (Å²) in [5.74, 6) is -1.30. The lowest BCUT2D eigenvalue weighted by Gasteiger charge is -2.18. The minimum atomic E-state index is -0.663. The molecule has 0 spiro atoms. The van der Waals surface area contributed by atoms with Gasteiger partial charge >= 0.3 is 0 Å². The van der Waals surface area contributed by atoms with E-state index in [0.717, 1.165) is 12.0 Å². The molecule has 0 aliphatic carbocycles. The van der Waals surface area contributed by atoms with Crippen molar-refractivity contribution in [2.24, 2.45) is 0 Å². The summed E-state index contributed by atoms with van der Waals surface area (Å²) in [6.45, 7) is 2.87. The van der Waals surface area contributed by atoms with Crippen molar-refractivity contribution in [2.75, 3.05) is 13.2 Å². The first-order chi connectivity index (χ1) is 10.1. The van der Waals surface area contributed by atoms with Gasteiger partial charge in [-0.2, -0.15) is 5.10 Å². The molecule has 0 saturated carbocycles. The van der Waals surface area contributed by atoms with Crippen LogP contribution in [-0.2, 0) is 4.74 Å². The van der Waals surface area contributed by atoms with E-state index in [4.69, 9.17) is 16.3 Å². The molecule has 0 amide bonds. The van der Waals surface area contributed by atoms with Crippen molar-refractivity contribution < 1.29 is 13.5 Å². The summed E-state index contributed by atoms with van der Waals surface area (Å²) in [6.07, 6.45) is 0.770. The number of benzene rings is 1. The van der Waals surface area contributed by atoms with Crippen LogP contribution in [0.15, 0.2) is 18.2 Å². The summed E-state index contributed by atoms with van der Waals surface area (Å²) < 4.78 is 33.7. The first-order valence-corrected chi connectivity index (χ1v) is 7.02. The Morgan fingerprint density at radius 1 is 1.19 bits per heavy atom. The lowest BCUT2D eigenvalue weighted by atomic mass is 9.89. The number of ether oxygens (including phenoxy) is 1. The van der Waals surface area contributed by atoms with E-state index in [-0.39, 0.29) is 22.2 Å². The fourth-order valence-electron chi connectivity index (χ4n) is 2.75. The monoisotopic (exact) mass is 310 g/mol. The summed E-state index contributed by atoms with van der Waals surface area (Å²) in [4.78, 5) is 0. The molecule has 0 bridgehead atoms. The van der Waals surface area contributed by atoms with Crippen molar-refractivity contribution in [3.05, 3.63) is 46.2 Å². The van der Waals surface area contributed by atoms with Crippen molar-refractivity contribution in [1.82, 2.24) is 10.2 Å². The normalized spacial score (nSPS) is 18.2. The van der Waals surface area contributed by atoms with Crippen molar-refractivity contribution in [3.8, 4) is 11.1 Å². The number of hydrogen-bond donors (Lipinski definition) is 0. The predicted octanol–water partition coefficient (Wildman–Crippen LogP) is 3.89. The van der Waals surface area contributed by atoms with Gasteiger partial charge in [-0.05, 0) is 31.0 Å². The zero-order valence-electron chi connectivity index (χ0n) is 11.4. The second-order valence-electron chi connectivity index (χ2n) is 5.02. The van der Waals surface area contributed by atoms with Gasteiger partial charge in [-0.1, -0.05) is 17.7 Å². The number of hydrogen-bond acceptors (Lipinski definition) is 3. The standard InChI is InChI=1S/C15H13ClF2N2O/c1-8-12(9-5-6-21-7-9)14(15(16)20-19-8)13-10(17)3-2-4-11(13)18/h2-4,9H,5-7H2,1H3. The van der Waals surface area contributed by atoms with Crippen molar-refractivity contribution in [3.63, 3.8) is 0 Å². The van der Waals surface area contributed by atoms with Gasteiger partial charge in [0.2, 0.25) is 0 Å². The Labute approximate surface area is 125 Å². The molecule has 1 saturated heterocycles. The molecule has 0 radical (unpaired) electrons. The van der Waals surface area contributed by atoms with Crippen LogP contribution < -0.4 is 0 Å². The van der Waals surface area contributed by atoms with Crippen LogP contribution >= 0.6 is 11.6 Å². The summed E-state index contributed by atoms with van der Waals surface area (Å²) in [5.41, 5.74) is 1.47. The van der Waals surface area contributed by atoms with Gasteiger partial charge in [-0.15, -0.1) is 5.10 Å². The highest BCUT2D eigenvalue weighted by Crippen LogP contribution is 2.40. The van der Waals surface area contributed by atoms with Gasteiger partial charge in [0, 0.05) is 18.1 Å². The van der Waals surface area contributed by atoms with Gasteiger partial charge in [-0.25, -0.2) is 8.78 Å². The molecule has 0 N–H and O–H groups in total. The maximum atomic E-state index is 14.1. The van der Waals surface area contributed by atoms with Crippen molar-refractivity contribution >= 4 is 11.6 Å². The highest BCUT2D eigenvalue weighted by molar-refractivity contribution is 6.32. The number of aromatic nitrogens is 2. The third-order valence-electron chi connectivity index (χ3n) is 3.70. The Hall–Kier alpha value is -1.59. The van der Waals surface area contributed by atoms with E-state index < -0.39 is 11.6 Å². The van der Waals surface area contributed by atoms with Crippen LogP contribution in [0.3, 0.4) is 0 Å². The molecule has 2 heterocycles. The van der Waals surface area contributed by atoms with Gasteiger partial charge in [0.05, 0.1) is 17.9 Å². The third kappa shape index (κ3) is 2.51. The van der Waals surface area contributed by atoms with E-state index >= 15 is 0 Å². The highest BCUT2D eigenvalue weighted by atomic mass is 35.5. The predicted molar refractivity (Wildman–Crippen MR) is 75.3 cm³/mol. The number of halogens is 3. The summed E-state index contributed by atoms with van der Waals surface area (Å²) in [6, 6.07) is 3.74. The maximum absolute atomic E-state index is 14.1. The van der Waals surface area contributed by atoms with Crippen molar-refractivity contribution in [2.45, 2.75) is 19.3 Å². The molecular weight excluding hydrogens is 298 g/mol. The van der Waals surface area contributed by atoms with E-state index in [2.05, 4.69) is 10.2 Å². The molecule has 6 heteroatoms. The van der Waals surface area contributed by atoms with Crippen LogP contribution in [0.2, 0.25) is 5.15 Å². The Bertz CT molecular complexity index is 667. The largest absolute Gasteiger partial charge is 0.381 e. The van der Waals surface area contributed by atoms with Crippen LogP contribution in [0.1, 0.15) is 23.6 Å². The molecule has 1 aliphatic heterocycles. The quantitative estimate of drug-likeness (QED) is 0.844. The second kappa shape index (κ2) is 5.66. The zero-order chi connectivity index (χ0) is 15.0. The number of rotatable bonds is 2. The fourth-order valence-corrected chi connectivity index (χ4v) is 2.99. The molecule has 1 fully saturated rings. The lowest BCUT2D eigenvalue weighted by molar-refractivity contribution is 0.194. The first-order valence-electron chi connectivity index (χ1n) is 6.64. The molecule has 3 nitrogen and oxygen atoms in total. The van der Waals surface area contributed by atoms with Gasteiger partial charge in [-0.3, -0.25) is 0 Å². The minimum absolute atomic E-state index is 0.00602. The van der Waals surface area contributed by atoms with Gasteiger partial charge < -0.3 is 4.74 Å². The van der Waals surface area contributed by atoms with Crippen LogP contribution in [0.5, 0.6) is 0 Å². The second-order valence-corrected chi connectivity index (χ2v) is 5.38. The topological polar surface area (TPSA) is 35.0 Å². The van der Waals surface area contributed by atoms with Gasteiger partial charge in [0.1, 0.15) is 11.6 Å². The number of aryl methyl sites for hydroxylation is 1. The molecule has 110 valence electrons.